The zero-order valence-corrected chi connectivity index (χ0v) is 13.1. The predicted molar refractivity (Wildman–Crippen MR) is 87.0 cm³/mol. The van der Waals surface area contributed by atoms with Gasteiger partial charge in [0.25, 0.3) is 0 Å². The van der Waals surface area contributed by atoms with Crippen LogP contribution in [0.2, 0.25) is 5.02 Å². The van der Waals surface area contributed by atoms with E-state index >= 15 is 0 Å². The average Bonchev–Trinajstić information content (AvgIpc) is 2.97. The molecule has 0 fully saturated rings. The van der Waals surface area contributed by atoms with Gasteiger partial charge in [0.1, 0.15) is 5.82 Å². The van der Waals surface area contributed by atoms with Crippen molar-refractivity contribution in [2.45, 2.75) is 13.3 Å². The molecule has 1 aromatic carbocycles. The van der Waals surface area contributed by atoms with Crippen molar-refractivity contribution in [1.82, 2.24) is 19.7 Å². The quantitative estimate of drug-likeness (QED) is 0.782. The Kier molecular flexibility index (Phi) is 4.11. The fourth-order valence-electron chi connectivity index (χ4n) is 2.13. The number of nitrogens with zero attached hydrogens (tertiary/aromatic N) is 4. The zero-order valence-electron chi connectivity index (χ0n) is 12.4. The number of anilines is 1. The minimum absolute atomic E-state index is 0.307. The predicted octanol–water partition coefficient (Wildman–Crippen LogP) is 3.30. The number of hydrogen-bond acceptors (Lipinski definition) is 5. The topological polar surface area (TPSA) is 64.9 Å². The molecule has 0 amide bonds. The van der Waals surface area contributed by atoms with Crippen LogP contribution in [-0.4, -0.2) is 33.4 Å². The van der Waals surface area contributed by atoms with Gasteiger partial charge in [0.15, 0.2) is 5.65 Å². The van der Waals surface area contributed by atoms with Crippen LogP contribution >= 0.6 is 11.6 Å². The van der Waals surface area contributed by atoms with Gasteiger partial charge in [0.2, 0.25) is 0 Å². The molecule has 22 heavy (non-hydrogen) atoms. The average molecular weight is 318 g/mol. The largest absolute Gasteiger partial charge is 0.467 e. The molecule has 0 spiro atoms. The second-order valence-electron chi connectivity index (χ2n) is 4.76. The minimum Gasteiger partial charge on any atom is -0.467 e. The number of rotatable bonds is 5. The van der Waals surface area contributed by atoms with Crippen molar-refractivity contribution < 1.29 is 4.74 Å². The first-order chi connectivity index (χ1) is 10.7. The Balaban J connectivity index is 2.14. The summed E-state index contributed by atoms with van der Waals surface area (Å²) in [5.41, 5.74) is 1.56. The minimum atomic E-state index is 0.307. The van der Waals surface area contributed by atoms with Crippen molar-refractivity contribution in [2.24, 2.45) is 0 Å². The molecule has 2 aromatic heterocycles. The molecule has 1 N–H and O–H groups in total. The lowest BCUT2D eigenvalue weighted by Crippen LogP contribution is -2.05. The van der Waals surface area contributed by atoms with E-state index in [1.165, 1.54) is 0 Å². The highest BCUT2D eigenvalue weighted by molar-refractivity contribution is 6.30. The van der Waals surface area contributed by atoms with Crippen LogP contribution in [0.3, 0.4) is 0 Å². The van der Waals surface area contributed by atoms with Crippen LogP contribution in [0.5, 0.6) is 6.01 Å². The van der Waals surface area contributed by atoms with Crippen LogP contribution in [0.25, 0.3) is 16.7 Å². The number of fused-ring (bicyclic) bond motifs is 1. The highest BCUT2D eigenvalue weighted by Crippen LogP contribution is 2.25. The Bertz CT molecular complexity index is 784. The molecule has 3 rings (SSSR count). The zero-order chi connectivity index (χ0) is 15.5. The van der Waals surface area contributed by atoms with Crippen LogP contribution in [0, 0.1) is 0 Å². The fourth-order valence-corrected chi connectivity index (χ4v) is 2.25. The molecule has 3 aromatic rings. The van der Waals surface area contributed by atoms with Crippen molar-refractivity contribution in [3.63, 3.8) is 0 Å². The summed E-state index contributed by atoms with van der Waals surface area (Å²) in [5.74, 6) is 0.726. The number of nitrogens with one attached hydrogen (secondary N) is 1. The summed E-state index contributed by atoms with van der Waals surface area (Å²) >= 11 is 5.94. The van der Waals surface area contributed by atoms with Gasteiger partial charge in [-0.3, -0.25) is 0 Å². The van der Waals surface area contributed by atoms with Gasteiger partial charge in [-0.05, 0) is 30.7 Å². The van der Waals surface area contributed by atoms with Crippen molar-refractivity contribution >= 4 is 28.5 Å². The maximum atomic E-state index is 5.94. The van der Waals surface area contributed by atoms with E-state index in [9.17, 15) is 0 Å². The third-order valence-electron chi connectivity index (χ3n) is 3.20. The Labute approximate surface area is 133 Å². The summed E-state index contributed by atoms with van der Waals surface area (Å²) in [6.45, 7) is 2.92. The van der Waals surface area contributed by atoms with Gasteiger partial charge in [-0.15, -0.1) is 0 Å². The highest BCUT2D eigenvalue weighted by Gasteiger charge is 2.14. The SMILES string of the molecule is CCCNc1nc(OC)nc2c1cnn2-c1ccc(Cl)cc1. The maximum absolute atomic E-state index is 5.94. The Hall–Kier alpha value is -2.34. The first-order valence-electron chi connectivity index (χ1n) is 7.02. The molecule has 0 aliphatic heterocycles. The van der Waals surface area contributed by atoms with E-state index in [-0.39, 0.29) is 0 Å². The van der Waals surface area contributed by atoms with Crippen LogP contribution in [0.1, 0.15) is 13.3 Å². The maximum Gasteiger partial charge on any atom is 0.320 e. The van der Waals surface area contributed by atoms with Gasteiger partial charge in [-0.25, -0.2) is 4.68 Å². The Morgan fingerprint density at radius 3 is 2.68 bits per heavy atom. The lowest BCUT2D eigenvalue weighted by atomic mass is 10.3. The van der Waals surface area contributed by atoms with Crippen LogP contribution in [-0.2, 0) is 0 Å². The molecule has 6 nitrogen and oxygen atoms in total. The Morgan fingerprint density at radius 1 is 1.23 bits per heavy atom. The molecule has 0 unspecified atom stereocenters. The summed E-state index contributed by atoms with van der Waals surface area (Å²) < 4.78 is 6.94. The molecule has 0 saturated heterocycles. The van der Waals surface area contributed by atoms with Crippen molar-refractivity contribution in [3.8, 4) is 11.7 Å². The van der Waals surface area contributed by atoms with Crippen molar-refractivity contribution in [2.75, 3.05) is 19.0 Å². The van der Waals surface area contributed by atoms with Crippen LogP contribution < -0.4 is 10.1 Å². The summed E-state index contributed by atoms with van der Waals surface area (Å²) in [5, 5.41) is 9.22. The number of hydrogen-bond donors (Lipinski definition) is 1. The molecule has 0 atom stereocenters. The third kappa shape index (κ3) is 2.69. The second-order valence-corrected chi connectivity index (χ2v) is 5.19. The van der Waals surface area contributed by atoms with E-state index in [1.807, 2.05) is 24.3 Å². The molecule has 7 heteroatoms. The first-order valence-corrected chi connectivity index (χ1v) is 7.40. The van der Waals surface area contributed by atoms with E-state index < -0.39 is 0 Å². The molecule has 0 bridgehead atoms. The number of benzene rings is 1. The molecule has 0 aliphatic carbocycles. The van der Waals surface area contributed by atoms with E-state index in [1.54, 1.807) is 18.0 Å². The number of ether oxygens (including phenoxy) is 1. The molecule has 0 radical (unpaired) electrons. The third-order valence-corrected chi connectivity index (χ3v) is 3.46. The summed E-state index contributed by atoms with van der Waals surface area (Å²) in [6.07, 6.45) is 2.75. The molecule has 0 aliphatic rings. The number of methoxy groups -OCH3 is 1. The van der Waals surface area contributed by atoms with E-state index in [2.05, 4.69) is 27.3 Å². The monoisotopic (exact) mass is 317 g/mol. The summed E-state index contributed by atoms with van der Waals surface area (Å²) in [4.78, 5) is 8.77. The normalized spacial score (nSPS) is 10.9. The molecular weight excluding hydrogens is 302 g/mol. The second kappa shape index (κ2) is 6.19. The van der Waals surface area contributed by atoms with Gasteiger partial charge in [-0.2, -0.15) is 15.1 Å². The Morgan fingerprint density at radius 2 is 2.00 bits per heavy atom. The van der Waals surface area contributed by atoms with Gasteiger partial charge in [0, 0.05) is 11.6 Å². The lowest BCUT2D eigenvalue weighted by Gasteiger charge is -2.08. The van der Waals surface area contributed by atoms with Gasteiger partial charge in [0.05, 0.1) is 24.4 Å². The molecule has 0 saturated carbocycles. The van der Waals surface area contributed by atoms with E-state index in [4.69, 9.17) is 16.3 Å². The number of aromatic nitrogens is 4. The van der Waals surface area contributed by atoms with E-state index in [0.29, 0.717) is 16.7 Å². The number of halogens is 1. The van der Waals surface area contributed by atoms with Crippen molar-refractivity contribution in [1.29, 1.82) is 0 Å². The smallest absolute Gasteiger partial charge is 0.320 e. The van der Waals surface area contributed by atoms with Gasteiger partial charge < -0.3 is 10.1 Å². The van der Waals surface area contributed by atoms with Crippen molar-refractivity contribution in [3.05, 3.63) is 35.5 Å². The van der Waals surface area contributed by atoms with E-state index in [0.717, 1.165) is 29.9 Å². The van der Waals surface area contributed by atoms with Gasteiger partial charge >= 0.3 is 6.01 Å². The standard InChI is InChI=1S/C15H16ClN5O/c1-3-8-17-13-12-9-18-21(11-6-4-10(16)5-7-11)14(12)20-15(19-13)22-2/h4-7,9H,3,8H2,1-2H3,(H,17,19,20). The van der Waals surface area contributed by atoms with Gasteiger partial charge in [-0.1, -0.05) is 18.5 Å². The molecule has 2 heterocycles. The highest BCUT2D eigenvalue weighted by atomic mass is 35.5. The summed E-state index contributed by atoms with van der Waals surface area (Å²) in [7, 11) is 1.55. The first kappa shape index (κ1) is 14.6. The summed E-state index contributed by atoms with van der Waals surface area (Å²) in [6, 6.07) is 7.73. The lowest BCUT2D eigenvalue weighted by molar-refractivity contribution is 0.382. The fraction of sp³-hybridized carbons (Fsp3) is 0.267. The molecule has 114 valence electrons. The van der Waals surface area contributed by atoms with Crippen LogP contribution in [0.15, 0.2) is 30.5 Å². The molecular formula is C15H16ClN5O. The van der Waals surface area contributed by atoms with Crippen LogP contribution in [0.4, 0.5) is 5.82 Å².